The molecule has 0 radical (unpaired) electrons. The molecule has 5 nitrogen and oxygen atoms in total. The second kappa shape index (κ2) is 4.45. The first-order valence-corrected chi connectivity index (χ1v) is 4.96. The van der Waals surface area contributed by atoms with Crippen molar-refractivity contribution in [2.45, 2.75) is 11.7 Å². The summed E-state index contributed by atoms with van der Waals surface area (Å²) >= 11 is 1.26. The standard InChI is InChI=1S/C8H12N2O3S/c1-9-8-10(2)6(11)4-5(14-8)7(12)13-3/h5H,4H2,1-3H3. The maximum absolute atomic E-state index is 11.4. The number of ether oxygens (including phenoxy) is 1. The number of thioether (sulfide) groups is 1. The first-order valence-electron chi connectivity index (χ1n) is 4.08. The molecule has 0 bridgehead atoms. The minimum Gasteiger partial charge on any atom is -0.468 e. The Labute approximate surface area is 86.5 Å². The van der Waals surface area contributed by atoms with E-state index >= 15 is 0 Å². The van der Waals surface area contributed by atoms with Crippen LogP contribution in [0.5, 0.6) is 0 Å². The molecule has 1 amide bonds. The third kappa shape index (κ3) is 2.06. The first kappa shape index (κ1) is 11.0. The Hall–Kier alpha value is -1.04. The number of hydrogen-bond acceptors (Lipinski definition) is 5. The van der Waals surface area contributed by atoms with Crippen molar-refractivity contribution in [3.8, 4) is 0 Å². The average molecular weight is 216 g/mol. The van der Waals surface area contributed by atoms with Crippen molar-refractivity contribution in [3.63, 3.8) is 0 Å². The van der Waals surface area contributed by atoms with E-state index in [0.717, 1.165) is 0 Å². The highest BCUT2D eigenvalue weighted by Gasteiger charge is 2.34. The Morgan fingerprint density at radius 2 is 2.36 bits per heavy atom. The van der Waals surface area contributed by atoms with Crippen LogP contribution >= 0.6 is 11.8 Å². The summed E-state index contributed by atoms with van der Waals surface area (Å²) in [4.78, 5) is 28.0. The van der Waals surface area contributed by atoms with Crippen molar-refractivity contribution in [2.24, 2.45) is 4.99 Å². The van der Waals surface area contributed by atoms with Gasteiger partial charge >= 0.3 is 5.97 Å². The summed E-state index contributed by atoms with van der Waals surface area (Å²) in [5, 5.41) is 0.0963. The molecular formula is C8H12N2O3S. The monoisotopic (exact) mass is 216 g/mol. The van der Waals surface area contributed by atoms with Crippen LogP contribution in [0.15, 0.2) is 4.99 Å². The summed E-state index contributed by atoms with van der Waals surface area (Å²) in [7, 11) is 4.55. The van der Waals surface area contributed by atoms with E-state index in [1.54, 1.807) is 14.1 Å². The van der Waals surface area contributed by atoms with Crippen molar-refractivity contribution in [1.29, 1.82) is 0 Å². The molecule has 0 aliphatic carbocycles. The molecule has 0 spiro atoms. The van der Waals surface area contributed by atoms with E-state index in [0.29, 0.717) is 5.17 Å². The lowest BCUT2D eigenvalue weighted by atomic mass is 10.3. The zero-order valence-corrected chi connectivity index (χ0v) is 9.13. The van der Waals surface area contributed by atoms with Crippen molar-refractivity contribution in [1.82, 2.24) is 4.90 Å². The minimum atomic E-state index is -0.456. The second-order valence-electron chi connectivity index (χ2n) is 2.79. The zero-order chi connectivity index (χ0) is 10.7. The highest BCUT2D eigenvalue weighted by molar-refractivity contribution is 8.15. The molecule has 14 heavy (non-hydrogen) atoms. The number of amidine groups is 1. The fourth-order valence-corrected chi connectivity index (χ4v) is 2.15. The van der Waals surface area contributed by atoms with Gasteiger partial charge in [0.1, 0.15) is 5.25 Å². The molecule has 1 aliphatic rings. The lowest BCUT2D eigenvalue weighted by Gasteiger charge is -2.27. The van der Waals surface area contributed by atoms with Crippen molar-refractivity contribution in [2.75, 3.05) is 21.2 Å². The molecule has 0 aromatic rings. The molecule has 1 aliphatic heterocycles. The van der Waals surface area contributed by atoms with E-state index in [1.807, 2.05) is 0 Å². The molecule has 1 rings (SSSR count). The van der Waals surface area contributed by atoms with E-state index in [1.165, 1.54) is 23.8 Å². The van der Waals surface area contributed by atoms with Crippen LogP contribution in [0.1, 0.15) is 6.42 Å². The molecule has 0 aromatic heterocycles. The number of carbonyl (C=O) groups excluding carboxylic acids is 2. The van der Waals surface area contributed by atoms with Gasteiger partial charge in [-0.3, -0.25) is 19.5 Å². The topological polar surface area (TPSA) is 59.0 Å². The van der Waals surface area contributed by atoms with Gasteiger partial charge in [0.2, 0.25) is 5.91 Å². The maximum atomic E-state index is 11.4. The number of nitrogens with zero attached hydrogens (tertiary/aromatic N) is 2. The third-order valence-electron chi connectivity index (χ3n) is 1.92. The zero-order valence-electron chi connectivity index (χ0n) is 8.31. The molecule has 1 unspecified atom stereocenters. The van der Waals surface area contributed by atoms with Gasteiger partial charge in [-0.2, -0.15) is 0 Å². The Morgan fingerprint density at radius 3 is 2.86 bits per heavy atom. The van der Waals surface area contributed by atoms with E-state index in [9.17, 15) is 9.59 Å². The van der Waals surface area contributed by atoms with Gasteiger partial charge < -0.3 is 4.74 Å². The van der Waals surface area contributed by atoms with E-state index in [-0.39, 0.29) is 18.3 Å². The van der Waals surface area contributed by atoms with Gasteiger partial charge in [-0.15, -0.1) is 0 Å². The summed E-state index contributed by atoms with van der Waals surface area (Å²) in [5.41, 5.74) is 0. The van der Waals surface area contributed by atoms with Crippen LogP contribution < -0.4 is 0 Å². The SMILES string of the molecule is CN=C1SC(C(=O)OC)CC(=O)N1C. The molecule has 1 heterocycles. The lowest BCUT2D eigenvalue weighted by molar-refractivity contribution is -0.142. The Kier molecular flexibility index (Phi) is 3.51. The van der Waals surface area contributed by atoms with Gasteiger partial charge in [-0.1, -0.05) is 11.8 Å². The molecular weight excluding hydrogens is 204 g/mol. The summed E-state index contributed by atoms with van der Waals surface area (Å²) in [6.07, 6.45) is 0.173. The van der Waals surface area contributed by atoms with Crippen LogP contribution in [0.4, 0.5) is 0 Å². The normalized spacial score (nSPS) is 25.4. The second-order valence-corrected chi connectivity index (χ2v) is 3.96. The minimum absolute atomic E-state index is 0.111. The summed E-state index contributed by atoms with van der Waals surface area (Å²) in [5.74, 6) is -0.489. The van der Waals surface area contributed by atoms with E-state index in [2.05, 4.69) is 9.73 Å². The number of rotatable bonds is 1. The van der Waals surface area contributed by atoms with Crippen LogP contribution in [-0.4, -0.2) is 48.4 Å². The van der Waals surface area contributed by atoms with Crippen LogP contribution in [0, 0.1) is 0 Å². The van der Waals surface area contributed by atoms with Gasteiger partial charge in [-0.05, 0) is 0 Å². The summed E-state index contributed by atoms with van der Waals surface area (Å²) in [6.45, 7) is 0. The number of methoxy groups -OCH3 is 1. The predicted octanol–water partition coefficient (Wildman–Crippen LogP) is 0.109. The highest BCUT2D eigenvalue weighted by atomic mass is 32.2. The molecule has 0 saturated carbocycles. The fraction of sp³-hybridized carbons (Fsp3) is 0.625. The molecule has 78 valence electrons. The van der Waals surface area contributed by atoms with E-state index in [4.69, 9.17) is 0 Å². The number of aliphatic imine (C=N–C) groups is 1. The summed E-state index contributed by atoms with van der Waals surface area (Å²) in [6, 6.07) is 0. The molecule has 1 atom stereocenters. The smallest absolute Gasteiger partial charge is 0.319 e. The van der Waals surface area contributed by atoms with Crippen molar-refractivity contribution in [3.05, 3.63) is 0 Å². The van der Waals surface area contributed by atoms with Gasteiger partial charge in [0.15, 0.2) is 5.17 Å². The van der Waals surface area contributed by atoms with Gasteiger partial charge in [0.25, 0.3) is 0 Å². The van der Waals surface area contributed by atoms with Gasteiger partial charge in [0.05, 0.1) is 13.5 Å². The molecule has 0 aromatic carbocycles. The van der Waals surface area contributed by atoms with Crippen molar-refractivity contribution < 1.29 is 14.3 Å². The number of esters is 1. The Bertz CT molecular complexity index is 290. The highest BCUT2D eigenvalue weighted by Crippen LogP contribution is 2.25. The molecule has 1 fully saturated rings. The quantitative estimate of drug-likeness (QED) is 0.584. The van der Waals surface area contributed by atoms with Gasteiger partial charge in [-0.25, -0.2) is 0 Å². The van der Waals surface area contributed by atoms with Crippen LogP contribution in [0.2, 0.25) is 0 Å². The van der Waals surface area contributed by atoms with Gasteiger partial charge in [0, 0.05) is 14.1 Å². The third-order valence-corrected chi connectivity index (χ3v) is 3.23. The van der Waals surface area contributed by atoms with Crippen LogP contribution in [-0.2, 0) is 14.3 Å². The lowest BCUT2D eigenvalue weighted by Crippen LogP contribution is -2.41. The molecule has 6 heteroatoms. The Morgan fingerprint density at radius 1 is 1.71 bits per heavy atom. The summed E-state index contributed by atoms with van der Waals surface area (Å²) < 4.78 is 4.58. The Balaban J connectivity index is 2.78. The maximum Gasteiger partial charge on any atom is 0.319 e. The molecule has 0 N–H and O–H groups in total. The first-order chi connectivity index (χ1) is 6.60. The van der Waals surface area contributed by atoms with E-state index < -0.39 is 5.25 Å². The number of carbonyl (C=O) groups is 2. The number of hydrogen-bond donors (Lipinski definition) is 0. The predicted molar refractivity (Wildman–Crippen MR) is 54.1 cm³/mol. The van der Waals surface area contributed by atoms with Crippen molar-refractivity contribution >= 4 is 28.8 Å². The fourth-order valence-electron chi connectivity index (χ4n) is 1.12. The van der Waals surface area contributed by atoms with Crippen LogP contribution in [0.25, 0.3) is 0 Å². The largest absolute Gasteiger partial charge is 0.468 e. The van der Waals surface area contributed by atoms with Crippen LogP contribution in [0.3, 0.4) is 0 Å². The average Bonchev–Trinajstić information content (AvgIpc) is 2.20. The molecule has 1 saturated heterocycles. The number of amides is 1.